The van der Waals surface area contributed by atoms with Crippen LogP contribution in [0.5, 0.6) is 0 Å². The van der Waals surface area contributed by atoms with E-state index in [0.717, 1.165) is 83.5 Å². The highest BCUT2D eigenvalue weighted by atomic mass is 16.6. The van der Waals surface area contributed by atoms with Gasteiger partial charge in [-0.05, 0) is 77.0 Å². The van der Waals surface area contributed by atoms with Gasteiger partial charge in [0.2, 0.25) is 0 Å². The molecule has 0 aromatic rings. The summed E-state index contributed by atoms with van der Waals surface area (Å²) >= 11 is 0. The first kappa shape index (κ1) is 73.4. The number of unbranched alkanes of at least 4 members (excludes halogenated alkanes) is 43. The summed E-state index contributed by atoms with van der Waals surface area (Å²) < 4.78 is 17.0. The van der Waals surface area contributed by atoms with E-state index in [-0.39, 0.29) is 31.1 Å². The van der Waals surface area contributed by atoms with Crippen LogP contribution in [0.15, 0.2) is 48.6 Å². The van der Waals surface area contributed by atoms with Gasteiger partial charge in [-0.25, -0.2) is 0 Å². The lowest BCUT2D eigenvalue weighted by Crippen LogP contribution is -2.30. The van der Waals surface area contributed by atoms with E-state index in [0.29, 0.717) is 19.3 Å². The quantitative estimate of drug-likeness (QED) is 0.0261. The smallest absolute Gasteiger partial charge is 0.306 e. The Labute approximate surface area is 473 Å². The van der Waals surface area contributed by atoms with Crippen molar-refractivity contribution in [1.82, 2.24) is 0 Å². The Morgan fingerprint density at radius 2 is 0.513 bits per heavy atom. The molecule has 0 aromatic heterocycles. The zero-order valence-electron chi connectivity index (χ0n) is 51.0. The van der Waals surface area contributed by atoms with Gasteiger partial charge >= 0.3 is 17.9 Å². The lowest BCUT2D eigenvalue weighted by atomic mass is 10.0. The minimum absolute atomic E-state index is 0.0730. The molecule has 76 heavy (non-hydrogen) atoms. The molecule has 0 aliphatic carbocycles. The molecule has 0 amide bonds. The summed E-state index contributed by atoms with van der Waals surface area (Å²) in [6, 6.07) is 0. The first-order valence-corrected chi connectivity index (χ1v) is 33.6. The van der Waals surface area contributed by atoms with Crippen molar-refractivity contribution >= 4 is 17.9 Å². The summed E-state index contributed by atoms with van der Waals surface area (Å²) in [6.07, 6.45) is 81.2. The normalized spacial score (nSPS) is 12.3. The van der Waals surface area contributed by atoms with Crippen LogP contribution in [0.3, 0.4) is 0 Å². The van der Waals surface area contributed by atoms with E-state index in [1.54, 1.807) is 0 Å². The zero-order valence-corrected chi connectivity index (χ0v) is 51.0. The molecule has 0 spiro atoms. The number of carbonyl (C=O) groups excluding carboxylic acids is 3. The summed E-state index contributed by atoms with van der Waals surface area (Å²) in [5, 5.41) is 0. The van der Waals surface area contributed by atoms with Gasteiger partial charge < -0.3 is 14.2 Å². The Morgan fingerprint density at radius 3 is 0.816 bits per heavy atom. The molecule has 0 aromatic carbocycles. The van der Waals surface area contributed by atoms with Gasteiger partial charge in [0.15, 0.2) is 6.10 Å². The topological polar surface area (TPSA) is 78.9 Å². The van der Waals surface area contributed by atoms with E-state index in [1.165, 1.54) is 238 Å². The monoisotopic (exact) mass is 1060 g/mol. The van der Waals surface area contributed by atoms with Crippen molar-refractivity contribution in [3.63, 3.8) is 0 Å². The first-order valence-electron chi connectivity index (χ1n) is 33.6. The molecule has 0 saturated heterocycles. The predicted octanol–water partition coefficient (Wildman–Crippen LogP) is 22.9. The van der Waals surface area contributed by atoms with E-state index >= 15 is 0 Å². The van der Waals surface area contributed by atoms with Gasteiger partial charge in [-0.15, -0.1) is 0 Å². The second-order valence-corrected chi connectivity index (χ2v) is 22.7. The predicted molar refractivity (Wildman–Crippen MR) is 330 cm³/mol. The van der Waals surface area contributed by atoms with E-state index < -0.39 is 6.10 Å². The number of allylic oxidation sites excluding steroid dienone is 8. The second-order valence-electron chi connectivity index (χ2n) is 22.7. The Kier molecular flexibility index (Phi) is 62.6. The van der Waals surface area contributed by atoms with Crippen LogP contribution in [-0.4, -0.2) is 37.2 Å². The lowest BCUT2D eigenvalue weighted by Gasteiger charge is -2.18. The highest BCUT2D eigenvalue weighted by Gasteiger charge is 2.19. The minimum Gasteiger partial charge on any atom is -0.462 e. The van der Waals surface area contributed by atoms with Gasteiger partial charge in [0.1, 0.15) is 13.2 Å². The van der Waals surface area contributed by atoms with Gasteiger partial charge in [0.05, 0.1) is 0 Å². The van der Waals surface area contributed by atoms with Gasteiger partial charge in [-0.3, -0.25) is 14.4 Å². The number of ether oxygens (including phenoxy) is 3. The summed E-state index contributed by atoms with van der Waals surface area (Å²) in [7, 11) is 0. The summed E-state index contributed by atoms with van der Waals surface area (Å²) in [5.74, 6) is -0.861. The fraction of sp³-hybridized carbons (Fsp3) is 0.843. The molecule has 0 bridgehead atoms. The van der Waals surface area contributed by atoms with Gasteiger partial charge in [-0.2, -0.15) is 0 Å². The van der Waals surface area contributed by atoms with Crippen LogP contribution in [0.1, 0.15) is 361 Å². The van der Waals surface area contributed by atoms with Crippen molar-refractivity contribution in [2.24, 2.45) is 0 Å². The van der Waals surface area contributed by atoms with Crippen LogP contribution in [0, 0.1) is 0 Å². The van der Waals surface area contributed by atoms with Crippen LogP contribution in [-0.2, 0) is 28.6 Å². The maximum atomic E-state index is 12.9. The zero-order chi connectivity index (χ0) is 55.0. The third kappa shape index (κ3) is 62.2. The van der Waals surface area contributed by atoms with Crippen molar-refractivity contribution in [2.75, 3.05) is 13.2 Å². The highest BCUT2D eigenvalue weighted by molar-refractivity contribution is 5.71. The summed E-state index contributed by atoms with van der Waals surface area (Å²) in [6.45, 7) is 6.58. The van der Waals surface area contributed by atoms with Crippen molar-refractivity contribution in [2.45, 2.75) is 367 Å². The Morgan fingerprint density at radius 1 is 0.276 bits per heavy atom. The number of hydrogen-bond acceptors (Lipinski definition) is 6. The maximum absolute atomic E-state index is 12.9. The van der Waals surface area contributed by atoms with E-state index in [2.05, 4.69) is 69.4 Å². The summed E-state index contributed by atoms with van der Waals surface area (Å²) in [5.41, 5.74) is 0. The van der Waals surface area contributed by atoms with Crippen molar-refractivity contribution < 1.29 is 28.6 Å². The van der Waals surface area contributed by atoms with Gasteiger partial charge in [0.25, 0.3) is 0 Å². The Bertz CT molecular complexity index is 1310. The van der Waals surface area contributed by atoms with Crippen molar-refractivity contribution in [3.8, 4) is 0 Å². The third-order valence-electron chi connectivity index (χ3n) is 15.1. The molecule has 0 aliphatic heterocycles. The lowest BCUT2D eigenvalue weighted by molar-refractivity contribution is -0.167. The van der Waals surface area contributed by atoms with Gasteiger partial charge in [-0.1, -0.05) is 313 Å². The molecule has 6 heteroatoms. The highest BCUT2D eigenvalue weighted by Crippen LogP contribution is 2.18. The molecule has 6 nitrogen and oxygen atoms in total. The minimum atomic E-state index is -0.778. The number of esters is 3. The third-order valence-corrected chi connectivity index (χ3v) is 15.1. The number of rotatable bonds is 62. The molecule has 0 aliphatic rings. The van der Waals surface area contributed by atoms with E-state index in [1.807, 2.05) is 0 Å². The Balaban J connectivity index is 4.32. The molecule has 1 atom stereocenters. The fourth-order valence-electron chi connectivity index (χ4n) is 10.0. The second kappa shape index (κ2) is 64.9. The molecule has 0 saturated carbocycles. The van der Waals surface area contributed by atoms with Crippen LogP contribution in [0.4, 0.5) is 0 Å². The van der Waals surface area contributed by atoms with Crippen LogP contribution < -0.4 is 0 Å². The molecule has 444 valence electrons. The van der Waals surface area contributed by atoms with Crippen LogP contribution >= 0.6 is 0 Å². The van der Waals surface area contributed by atoms with E-state index in [9.17, 15) is 14.4 Å². The molecule has 0 N–H and O–H groups in total. The standard InChI is InChI=1S/C70H128O6/c1-4-7-10-13-16-19-22-25-28-31-33-34-35-37-39-42-45-48-51-54-57-60-63-69(72)75-66-67(65-74-68(71)62-59-56-53-50-47-44-41-38-30-27-24-21-18-15-12-9-6-3)76-70(73)64-61-58-55-52-49-46-43-40-36-32-29-26-23-20-17-14-11-8-5-2/h9,12,18,21,26-27,29-30,67H,4-8,10-11,13-17,19-20,22-25,28,31-66H2,1-3H3/b12-9-,21-18-,29-26-,30-27-. The SMILES string of the molecule is CC/C=C\C/C=C\C/C=C\CCCCCCCCCC(=O)OCC(COC(=O)CCCCCCCCCCCCCCCCCCCCCCCC)OC(=O)CCCCCCCCCCC/C=C\CCCCCCCC. The molecule has 0 radical (unpaired) electrons. The van der Waals surface area contributed by atoms with Crippen LogP contribution in [0.2, 0.25) is 0 Å². The van der Waals surface area contributed by atoms with Gasteiger partial charge in [0, 0.05) is 19.3 Å². The average Bonchev–Trinajstić information content (AvgIpc) is 3.42. The molecule has 0 heterocycles. The van der Waals surface area contributed by atoms with Crippen LogP contribution in [0.25, 0.3) is 0 Å². The van der Waals surface area contributed by atoms with Crippen molar-refractivity contribution in [1.29, 1.82) is 0 Å². The molecular weight excluding hydrogens is 937 g/mol. The molecule has 0 rings (SSSR count). The molecule has 0 fully saturated rings. The fourth-order valence-corrected chi connectivity index (χ4v) is 10.0. The van der Waals surface area contributed by atoms with E-state index in [4.69, 9.17) is 14.2 Å². The summed E-state index contributed by atoms with van der Waals surface area (Å²) in [4.78, 5) is 38.4. The Hall–Kier alpha value is -2.63. The maximum Gasteiger partial charge on any atom is 0.306 e. The van der Waals surface area contributed by atoms with Crippen molar-refractivity contribution in [3.05, 3.63) is 48.6 Å². The number of hydrogen-bond donors (Lipinski definition) is 0. The average molecular weight is 1070 g/mol. The molecular formula is C70H128O6. The first-order chi connectivity index (χ1) is 37.5. The molecule has 1 unspecified atom stereocenters. The number of carbonyl (C=O) groups is 3. The largest absolute Gasteiger partial charge is 0.462 e.